The molecule has 0 amide bonds. The minimum Gasteiger partial charge on any atom is -0.279 e. The first-order valence-corrected chi connectivity index (χ1v) is 8.26. The first-order chi connectivity index (χ1) is 10.5. The molecule has 2 aromatic heterocycles. The van der Waals surface area contributed by atoms with E-state index in [9.17, 15) is 4.79 Å². The molecule has 0 bridgehead atoms. The number of hydrogen-bond acceptors (Lipinski definition) is 5. The molecule has 3 rings (SSSR count). The summed E-state index contributed by atoms with van der Waals surface area (Å²) in [6.45, 7) is 1.85. The van der Waals surface area contributed by atoms with E-state index in [4.69, 9.17) is 23.2 Å². The highest BCUT2D eigenvalue weighted by atomic mass is 35.5. The highest BCUT2D eigenvalue weighted by Crippen LogP contribution is 2.28. The maximum atomic E-state index is 12.7. The number of halogens is 2. The average Bonchev–Trinajstić information content (AvgIpc) is 2.51. The van der Waals surface area contributed by atoms with Crippen LogP contribution in [-0.4, -0.2) is 26.0 Å². The highest BCUT2D eigenvalue weighted by Gasteiger charge is 2.15. The molecule has 2 heterocycles. The molecule has 0 N–H and O–H groups in total. The lowest BCUT2D eigenvalue weighted by atomic mass is 10.2. The molecule has 0 aliphatic carbocycles. The molecule has 0 saturated heterocycles. The predicted octanol–water partition coefficient (Wildman–Crippen LogP) is 3.51. The third-order valence-corrected chi connectivity index (χ3v) is 4.29. The van der Waals surface area contributed by atoms with E-state index in [1.807, 2.05) is 13.2 Å². The fourth-order valence-corrected chi connectivity index (χ4v) is 3.01. The fraction of sp³-hybridized carbons (Fsp3) is 0.143. The molecule has 0 saturated carbocycles. The van der Waals surface area contributed by atoms with Gasteiger partial charge in [0.05, 0.1) is 15.7 Å². The number of thioether (sulfide) groups is 1. The van der Waals surface area contributed by atoms with Crippen molar-refractivity contribution in [1.82, 2.24) is 19.7 Å². The van der Waals surface area contributed by atoms with Crippen LogP contribution in [0.5, 0.6) is 0 Å². The van der Waals surface area contributed by atoms with Crippen molar-refractivity contribution >= 4 is 46.0 Å². The Hall–Kier alpha value is -1.63. The molecule has 0 aliphatic heterocycles. The van der Waals surface area contributed by atoms with E-state index < -0.39 is 0 Å². The van der Waals surface area contributed by atoms with Crippen LogP contribution in [0.25, 0.3) is 16.7 Å². The van der Waals surface area contributed by atoms with Crippen LogP contribution >= 0.6 is 35.0 Å². The van der Waals surface area contributed by atoms with Gasteiger partial charge in [-0.25, -0.2) is 4.98 Å². The Bertz CT molecular complexity index is 922. The largest absolute Gasteiger partial charge is 0.285 e. The number of rotatable bonds is 2. The van der Waals surface area contributed by atoms with E-state index in [0.717, 1.165) is 5.56 Å². The first kappa shape index (κ1) is 15.3. The number of nitrogens with zero attached hydrogens (tertiary/aromatic N) is 4. The van der Waals surface area contributed by atoms with Gasteiger partial charge >= 0.3 is 0 Å². The lowest BCUT2D eigenvalue weighted by Gasteiger charge is -2.12. The van der Waals surface area contributed by atoms with Crippen molar-refractivity contribution in [2.45, 2.75) is 12.1 Å². The summed E-state index contributed by atoms with van der Waals surface area (Å²) in [6.07, 6.45) is 3.51. The van der Waals surface area contributed by atoms with Crippen LogP contribution < -0.4 is 5.56 Å². The van der Waals surface area contributed by atoms with E-state index in [0.29, 0.717) is 26.4 Å². The molecule has 0 spiro atoms. The second kappa shape index (κ2) is 5.87. The van der Waals surface area contributed by atoms with Crippen molar-refractivity contribution in [3.05, 3.63) is 50.4 Å². The minimum atomic E-state index is -0.358. The molecule has 0 atom stereocenters. The van der Waals surface area contributed by atoms with Gasteiger partial charge in [-0.1, -0.05) is 41.0 Å². The minimum absolute atomic E-state index is 0.189. The van der Waals surface area contributed by atoms with Crippen molar-refractivity contribution in [3.8, 4) is 5.69 Å². The topological polar surface area (TPSA) is 60.7 Å². The van der Waals surface area contributed by atoms with Gasteiger partial charge in [0.15, 0.2) is 5.52 Å². The molecule has 1 aromatic carbocycles. The lowest BCUT2D eigenvalue weighted by molar-refractivity contribution is 0.862. The second-order valence-corrected chi connectivity index (χ2v) is 6.14. The maximum absolute atomic E-state index is 12.7. The molecular weight excluding hydrogens is 343 g/mol. The summed E-state index contributed by atoms with van der Waals surface area (Å²) in [5.74, 6) is 0. The van der Waals surface area contributed by atoms with E-state index in [2.05, 4.69) is 15.2 Å². The Morgan fingerprint density at radius 2 is 1.82 bits per heavy atom. The van der Waals surface area contributed by atoms with Crippen LogP contribution in [0.1, 0.15) is 5.56 Å². The molecule has 0 unspecified atom stereocenters. The molecule has 0 aliphatic rings. The SMILES string of the molecule is CSc1nnc2c(=O)n(-c3c(Cl)cccc3Cl)cc(C)c2n1. The fourth-order valence-electron chi connectivity index (χ4n) is 2.13. The van der Waals surface area contributed by atoms with E-state index in [1.54, 1.807) is 24.4 Å². The third-order valence-electron chi connectivity index (χ3n) is 3.15. The number of pyridine rings is 1. The van der Waals surface area contributed by atoms with E-state index in [1.165, 1.54) is 16.3 Å². The van der Waals surface area contributed by atoms with Crippen LogP contribution in [0.3, 0.4) is 0 Å². The van der Waals surface area contributed by atoms with Crippen LogP contribution in [-0.2, 0) is 0 Å². The van der Waals surface area contributed by atoms with Crippen LogP contribution in [0.15, 0.2) is 34.3 Å². The standard InChI is InChI=1S/C14H10Cl2N4OS/c1-7-6-20(12-8(15)4-3-5-9(12)16)13(21)11-10(7)17-14(22-2)19-18-11/h3-6H,1-2H3. The molecule has 22 heavy (non-hydrogen) atoms. The van der Waals surface area contributed by atoms with Crippen molar-refractivity contribution in [3.63, 3.8) is 0 Å². The molecular formula is C14H10Cl2N4OS. The molecule has 0 radical (unpaired) electrons. The van der Waals surface area contributed by atoms with Crippen molar-refractivity contribution < 1.29 is 0 Å². The van der Waals surface area contributed by atoms with Crippen molar-refractivity contribution in [1.29, 1.82) is 0 Å². The summed E-state index contributed by atoms with van der Waals surface area (Å²) >= 11 is 13.7. The van der Waals surface area contributed by atoms with Crippen LogP contribution in [0, 0.1) is 6.92 Å². The Morgan fingerprint density at radius 1 is 1.14 bits per heavy atom. The van der Waals surface area contributed by atoms with Gasteiger partial charge in [-0.05, 0) is 30.9 Å². The van der Waals surface area contributed by atoms with Gasteiger partial charge in [-0.3, -0.25) is 9.36 Å². The Kier molecular flexibility index (Phi) is 4.08. The summed E-state index contributed by atoms with van der Waals surface area (Å²) in [6, 6.07) is 5.07. The number of para-hydroxylation sites is 1. The number of aryl methyl sites for hydroxylation is 1. The van der Waals surface area contributed by atoms with E-state index in [-0.39, 0.29) is 11.1 Å². The normalized spacial score (nSPS) is 11.1. The second-order valence-electron chi connectivity index (χ2n) is 4.55. The Labute approximate surface area is 140 Å². The third kappa shape index (κ3) is 2.47. The lowest BCUT2D eigenvalue weighted by Crippen LogP contribution is -2.21. The predicted molar refractivity (Wildman–Crippen MR) is 89.5 cm³/mol. The zero-order valence-corrected chi connectivity index (χ0v) is 14.0. The van der Waals surface area contributed by atoms with Crippen molar-refractivity contribution in [2.75, 3.05) is 6.26 Å². The summed E-state index contributed by atoms with van der Waals surface area (Å²) in [7, 11) is 0. The summed E-state index contributed by atoms with van der Waals surface area (Å²) in [4.78, 5) is 17.0. The van der Waals surface area contributed by atoms with Gasteiger partial charge in [0.2, 0.25) is 5.16 Å². The monoisotopic (exact) mass is 352 g/mol. The van der Waals surface area contributed by atoms with Crippen LogP contribution in [0.2, 0.25) is 10.0 Å². The van der Waals surface area contributed by atoms with Gasteiger partial charge in [-0.15, -0.1) is 10.2 Å². The molecule has 112 valence electrons. The highest BCUT2D eigenvalue weighted by molar-refractivity contribution is 7.98. The quantitative estimate of drug-likeness (QED) is 0.660. The summed E-state index contributed by atoms with van der Waals surface area (Å²) in [5.41, 5.74) is 1.58. The maximum Gasteiger partial charge on any atom is 0.285 e. The van der Waals surface area contributed by atoms with Gasteiger partial charge in [0.25, 0.3) is 5.56 Å². The number of fused-ring (bicyclic) bond motifs is 1. The Morgan fingerprint density at radius 3 is 2.45 bits per heavy atom. The van der Waals surface area contributed by atoms with Gasteiger partial charge in [0, 0.05) is 6.20 Å². The Balaban J connectivity index is 2.38. The van der Waals surface area contributed by atoms with Crippen LogP contribution in [0.4, 0.5) is 0 Å². The van der Waals surface area contributed by atoms with Crippen molar-refractivity contribution in [2.24, 2.45) is 0 Å². The van der Waals surface area contributed by atoms with Gasteiger partial charge in [0.1, 0.15) is 5.52 Å². The summed E-state index contributed by atoms with van der Waals surface area (Å²) in [5, 5.41) is 9.22. The van der Waals surface area contributed by atoms with Gasteiger partial charge < -0.3 is 0 Å². The number of hydrogen-bond donors (Lipinski definition) is 0. The smallest absolute Gasteiger partial charge is 0.279 e. The van der Waals surface area contributed by atoms with Gasteiger partial charge in [-0.2, -0.15) is 0 Å². The average molecular weight is 353 g/mol. The molecule has 0 fully saturated rings. The molecule has 3 aromatic rings. The number of benzene rings is 1. The number of aromatic nitrogens is 4. The molecule has 8 heteroatoms. The zero-order valence-electron chi connectivity index (χ0n) is 11.7. The summed E-state index contributed by atoms with van der Waals surface area (Å²) < 4.78 is 1.39. The zero-order chi connectivity index (χ0) is 15.9. The molecule has 5 nitrogen and oxygen atoms in total. The first-order valence-electron chi connectivity index (χ1n) is 6.28. The van der Waals surface area contributed by atoms with E-state index >= 15 is 0 Å².